The Balaban J connectivity index is 1.47. The van der Waals surface area contributed by atoms with Crippen molar-refractivity contribution in [1.29, 1.82) is 0 Å². The number of nitrogens with one attached hydrogen (secondary N) is 1. The first kappa shape index (κ1) is 27.2. The fourth-order valence-electron chi connectivity index (χ4n) is 5.86. The second-order valence-corrected chi connectivity index (χ2v) is 12.9. The summed E-state index contributed by atoms with van der Waals surface area (Å²) in [7, 11) is -3.75. The maximum absolute atomic E-state index is 13.7. The minimum atomic E-state index is -3.75. The van der Waals surface area contributed by atoms with Crippen LogP contribution in [-0.4, -0.2) is 31.0 Å². The van der Waals surface area contributed by atoms with E-state index in [1.807, 2.05) is 53.1 Å². The predicted octanol–water partition coefficient (Wildman–Crippen LogP) is 5.13. The highest BCUT2D eigenvalue weighted by Gasteiger charge is 2.24. The van der Waals surface area contributed by atoms with Crippen LogP contribution < -0.4 is 16.8 Å². The first-order valence-electron chi connectivity index (χ1n) is 14.0. The van der Waals surface area contributed by atoms with Crippen molar-refractivity contribution in [3.05, 3.63) is 108 Å². The van der Waals surface area contributed by atoms with Crippen LogP contribution in [0, 0.1) is 0 Å². The van der Waals surface area contributed by atoms with E-state index in [4.69, 9.17) is 11.5 Å². The lowest BCUT2D eigenvalue weighted by Crippen LogP contribution is -2.41. The summed E-state index contributed by atoms with van der Waals surface area (Å²) in [5.74, 6) is -0.145. The molecular weight excluding hydrogens is 532 g/mol. The van der Waals surface area contributed by atoms with Gasteiger partial charge >= 0.3 is 0 Å². The van der Waals surface area contributed by atoms with Crippen LogP contribution in [0.5, 0.6) is 0 Å². The summed E-state index contributed by atoms with van der Waals surface area (Å²) in [5.41, 5.74) is 15.2. The third-order valence-corrected chi connectivity index (χ3v) is 9.91. The number of aromatic nitrogens is 1. The molecule has 1 amide bonds. The first-order chi connectivity index (χ1) is 19.8. The summed E-state index contributed by atoms with van der Waals surface area (Å²) in [5, 5.41) is 5.91. The monoisotopic (exact) mass is 566 g/mol. The number of fused-ring (bicyclic) bond motifs is 2. The smallest absolute Gasteiger partial charge is 0.268 e. The van der Waals surface area contributed by atoms with Crippen molar-refractivity contribution in [2.24, 2.45) is 11.5 Å². The van der Waals surface area contributed by atoms with Crippen molar-refractivity contribution in [3.8, 4) is 0 Å². The molecule has 1 fully saturated rings. The van der Waals surface area contributed by atoms with E-state index in [0.717, 1.165) is 58.5 Å². The molecular formula is C33H34N4O3S. The van der Waals surface area contributed by atoms with Gasteiger partial charge in [0.1, 0.15) is 5.69 Å². The molecule has 0 bridgehead atoms. The van der Waals surface area contributed by atoms with Gasteiger partial charge in [0, 0.05) is 36.1 Å². The second kappa shape index (κ2) is 11.1. The van der Waals surface area contributed by atoms with Crippen molar-refractivity contribution < 1.29 is 13.2 Å². The van der Waals surface area contributed by atoms with Crippen LogP contribution in [0.15, 0.2) is 101 Å². The largest absolute Gasteiger partial charge is 0.348 e. The Bertz CT molecular complexity index is 1840. The minimum Gasteiger partial charge on any atom is -0.348 e. The fraction of sp³-hybridized carbons (Fsp3) is 0.242. The van der Waals surface area contributed by atoms with E-state index in [-0.39, 0.29) is 27.8 Å². The second-order valence-electron chi connectivity index (χ2n) is 10.9. The zero-order valence-electron chi connectivity index (χ0n) is 22.8. The van der Waals surface area contributed by atoms with Crippen LogP contribution in [0.25, 0.3) is 21.7 Å². The third-order valence-electron chi connectivity index (χ3n) is 8.16. The Kier molecular flexibility index (Phi) is 7.38. The van der Waals surface area contributed by atoms with Crippen LogP contribution in [0.4, 0.5) is 0 Å². The number of rotatable bonds is 7. The van der Waals surface area contributed by atoms with Crippen LogP contribution in [-0.2, 0) is 22.9 Å². The molecule has 1 aliphatic carbocycles. The first-order valence-corrected chi connectivity index (χ1v) is 15.5. The van der Waals surface area contributed by atoms with Gasteiger partial charge in [-0.1, -0.05) is 54.6 Å². The molecule has 0 aliphatic heterocycles. The molecule has 1 aliphatic rings. The Morgan fingerprint density at radius 3 is 2.32 bits per heavy atom. The van der Waals surface area contributed by atoms with E-state index in [1.165, 1.54) is 0 Å². The van der Waals surface area contributed by atoms with Gasteiger partial charge in [0.2, 0.25) is 9.84 Å². The van der Waals surface area contributed by atoms with E-state index in [0.29, 0.717) is 18.8 Å². The third kappa shape index (κ3) is 5.38. The van der Waals surface area contributed by atoms with Crippen LogP contribution in [0.2, 0.25) is 0 Å². The number of carbonyl (C=O) groups is 1. The topological polar surface area (TPSA) is 120 Å². The molecule has 6 rings (SSSR count). The summed E-state index contributed by atoms with van der Waals surface area (Å²) < 4.78 is 29.3. The molecule has 210 valence electrons. The standard InChI is InChI=1S/C33H34N4O3S/c34-20-22-10-11-24-19-32(33(38)36-27-14-12-26(35)13-15-27)37(31(24)16-22)21-25-18-29(17-23-6-4-5-9-30(23)25)41(39,40)28-7-2-1-3-8-28/h1-11,16-19,26-27H,12-15,20-21,34-35H2,(H,36,38). The zero-order chi connectivity index (χ0) is 28.6. The quantitative estimate of drug-likeness (QED) is 0.252. The molecule has 1 heterocycles. The molecule has 7 nitrogen and oxygen atoms in total. The molecule has 0 saturated heterocycles. The zero-order valence-corrected chi connectivity index (χ0v) is 23.6. The number of sulfone groups is 1. The highest BCUT2D eigenvalue weighted by molar-refractivity contribution is 7.91. The van der Waals surface area contributed by atoms with Gasteiger partial charge in [-0.15, -0.1) is 0 Å². The lowest BCUT2D eigenvalue weighted by atomic mass is 9.92. The maximum Gasteiger partial charge on any atom is 0.268 e. The maximum atomic E-state index is 13.7. The Hall–Kier alpha value is -3.98. The molecule has 5 aromatic rings. The lowest BCUT2D eigenvalue weighted by Gasteiger charge is -2.27. The van der Waals surface area contributed by atoms with Crippen molar-refractivity contribution in [2.45, 2.75) is 60.6 Å². The van der Waals surface area contributed by atoms with Crippen LogP contribution in [0.3, 0.4) is 0 Å². The summed E-state index contributed by atoms with van der Waals surface area (Å²) in [6, 6.07) is 27.8. The molecule has 0 radical (unpaired) electrons. The normalized spacial score (nSPS) is 17.6. The Morgan fingerprint density at radius 1 is 0.829 bits per heavy atom. The molecule has 0 spiro atoms. The van der Waals surface area contributed by atoms with Crippen LogP contribution in [0.1, 0.15) is 47.3 Å². The van der Waals surface area contributed by atoms with Crippen LogP contribution >= 0.6 is 0 Å². The number of benzene rings is 4. The van der Waals surface area contributed by atoms with E-state index < -0.39 is 9.84 Å². The molecule has 1 aromatic heterocycles. The van der Waals surface area contributed by atoms with Crippen molar-refractivity contribution in [2.75, 3.05) is 0 Å². The van der Waals surface area contributed by atoms with E-state index in [1.54, 1.807) is 42.5 Å². The average molecular weight is 567 g/mol. The average Bonchev–Trinajstić information content (AvgIpc) is 3.36. The summed E-state index contributed by atoms with van der Waals surface area (Å²) in [6.45, 7) is 0.688. The van der Waals surface area contributed by atoms with Crippen molar-refractivity contribution >= 4 is 37.4 Å². The Morgan fingerprint density at radius 2 is 1.56 bits per heavy atom. The number of nitrogens with zero attached hydrogens (tertiary/aromatic N) is 1. The number of carbonyl (C=O) groups excluding carboxylic acids is 1. The molecule has 41 heavy (non-hydrogen) atoms. The van der Waals surface area contributed by atoms with Gasteiger partial charge < -0.3 is 21.4 Å². The highest BCUT2D eigenvalue weighted by atomic mass is 32.2. The summed E-state index contributed by atoms with van der Waals surface area (Å²) >= 11 is 0. The Labute approximate surface area is 240 Å². The number of hydrogen-bond donors (Lipinski definition) is 3. The fourth-order valence-corrected chi connectivity index (χ4v) is 7.23. The summed E-state index contributed by atoms with van der Waals surface area (Å²) in [4.78, 5) is 14.2. The predicted molar refractivity (Wildman–Crippen MR) is 162 cm³/mol. The van der Waals surface area contributed by atoms with Crippen molar-refractivity contribution in [1.82, 2.24) is 9.88 Å². The molecule has 4 aromatic carbocycles. The van der Waals surface area contributed by atoms with E-state index >= 15 is 0 Å². The van der Waals surface area contributed by atoms with E-state index in [9.17, 15) is 13.2 Å². The van der Waals surface area contributed by atoms with Crippen molar-refractivity contribution in [3.63, 3.8) is 0 Å². The number of amides is 1. The SMILES string of the molecule is NCc1ccc2cc(C(=O)NC3CCC(N)CC3)n(Cc3cc(S(=O)(=O)c4ccccc4)cc4ccccc34)c2c1. The molecule has 1 saturated carbocycles. The number of nitrogens with two attached hydrogens (primary N) is 2. The lowest BCUT2D eigenvalue weighted by molar-refractivity contribution is 0.0917. The van der Waals surface area contributed by atoms with Gasteiger partial charge in [-0.3, -0.25) is 4.79 Å². The minimum absolute atomic E-state index is 0.0774. The van der Waals surface area contributed by atoms with Gasteiger partial charge in [-0.25, -0.2) is 8.42 Å². The summed E-state index contributed by atoms with van der Waals surface area (Å²) in [6.07, 6.45) is 3.49. The van der Waals surface area contributed by atoms with E-state index in [2.05, 4.69) is 5.32 Å². The molecule has 5 N–H and O–H groups in total. The number of hydrogen-bond acceptors (Lipinski definition) is 5. The van der Waals surface area contributed by atoms with Gasteiger partial charge in [-0.2, -0.15) is 0 Å². The van der Waals surface area contributed by atoms with Gasteiger partial charge in [-0.05, 0) is 84.0 Å². The molecule has 0 unspecified atom stereocenters. The van der Waals surface area contributed by atoms with Gasteiger partial charge in [0.05, 0.1) is 9.79 Å². The molecule has 8 heteroatoms. The molecule has 0 atom stereocenters. The van der Waals surface area contributed by atoms with Gasteiger partial charge in [0.15, 0.2) is 0 Å². The highest BCUT2D eigenvalue weighted by Crippen LogP contribution is 2.31. The van der Waals surface area contributed by atoms with Gasteiger partial charge in [0.25, 0.3) is 5.91 Å².